The van der Waals surface area contributed by atoms with Crippen LogP contribution in [0, 0.1) is 10.1 Å². The topological polar surface area (TPSA) is 137 Å². The van der Waals surface area contributed by atoms with Crippen LogP contribution in [0.1, 0.15) is 37.0 Å². The first-order valence-corrected chi connectivity index (χ1v) is 13.9. The Hall–Kier alpha value is -4.71. The Kier molecular flexibility index (Phi) is 9.92. The van der Waals surface area contributed by atoms with Gasteiger partial charge in [0.15, 0.2) is 11.5 Å². The second-order valence-electron chi connectivity index (χ2n) is 9.17. The number of non-ortho nitro benzene ring substituents is 1. The van der Waals surface area contributed by atoms with Crippen molar-refractivity contribution < 1.29 is 33.5 Å². The zero-order valence-electron chi connectivity index (χ0n) is 22.9. The molecule has 11 nitrogen and oxygen atoms in total. The molecule has 0 bridgehead atoms. The number of rotatable bonds is 12. The zero-order chi connectivity index (χ0) is 30.2. The van der Waals surface area contributed by atoms with Crippen LogP contribution in [0.4, 0.5) is 10.5 Å². The SMILES string of the molecule is CCCOc1ccc(CN2C(=O)NC(=O)/C(=C\c3ccc(OCc4ccc([N+](=O)[O-])cc4)c(Br)c3)C2=O)cc1OCC. The molecule has 218 valence electrons. The van der Waals surface area contributed by atoms with Gasteiger partial charge in [-0.3, -0.25) is 29.9 Å². The third kappa shape index (κ3) is 7.32. The van der Waals surface area contributed by atoms with E-state index in [-0.39, 0.29) is 24.4 Å². The van der Waals surface area contributed by atoms with Crippen molar-refractivity contribution in [1.29, 1.82) is 0 Å². The first kappa shape index (κ1) is 30.3. The molecule has 4 rings (SSSR count). The Morgan fingerprint density at radius 2 is 1.62 bits per heavy atom. The van der Waals surface area contributed by atoms with E-state index in [0.29, 0.717) is 46.1 Å². The minimum atomic E-state index is -0.817. The number of carbonyl (C=O) groups is 3. The number of carbonyl (C=O) groups excluding carboxylic acids is 3. The van der Waals surface area contributed by atoms with Crippen molar-refractivity contribution in [2.75, 3.05) is 13.2 Å². The number of nitrogens with zero attached hydrogens (tertiary/aromatic N) is 2. The van der Waals surface area contributed by atoms with Crippen LogP contribution in [-0.4, -0.2) is 40.9 Å². The summed E-state index contributed by atoms with van der Waals surface area (Å²) in [5.41, 5.74) is 1.67. The second-order valence-corrected chi connectivity index (χ2v) is 10.0. The summed E-state index contributed by atoms with van der Waals surface area (Å²) < 4.78 is 17.8. The molecule has 42 heavy (non-hydrogen) atoms. The molecular weight excluding hydrogens is 610 g/mol. The van der Waals surface area contributed by atoms with Crippen molar-refractivity contribution in [2.24, 2.45) is 0 Å². The maximum Gasteiger partial charge on any atom is 0.331 e. The molecule has 3 aromatic carbocycles. The molecule has 0 unspecified atom stereocenters. The molecule has 1 aliphatic heterocycles. The molecular formula is C30H28BrN3O8. The maximum atomic E-state index is 13.3. The summed E-state index contributed by atoms with van der Waals surface area (Å²) in [6.07, 6.45) is 2.22. The molecule has 1 heterocycles. The number of nitro groups is 1. The monoisotopic (exact) mass is 637 g/mol. The highest BCUT2D eigenvalue weighted by Gasteiger charge is 2.35. The Labute approximate surface area is 250 Å². The lowest BCUT2D eigenvalue weighted by molar-refractivity contribution is -0.384. The van der Waals surface area contributed by atoms with Crippen LogP contribution < -0.4 is 19.5 Å². The minimum absolute atomic E-state index is 0.0101. The summed E-state index contributed by atoms with van der Waals surface area (Å²) in [6, 6.07) is 15.4. The molecule has 0 saturated carbocycles. The summed E-state index contributed by atoms with van der Waals surface area (Å²) in [5, 5.41) is 13.1. The van der Waals surface area contributed by atoms with E-state index >= 15 is 0 Å². The van der Waals surface area contributed by atoms with Gasteiger partial charge in [0, 0.05) is 12.1 Å². The van der Waals surface area contributed by atoms with Gasteiger partial charge < -0.3 is 14.2 Å². The molecule has 12 heteroatoms. The van der Waals surface area contributed by atoms with Gasteiger partial charge in [-0.1, -0.05) is 19.1 Å². The molecule has 0 spiro atoms. The third-order valence-electron chi connectivity index (χ3n) is 6.10. The molecule has 0 aliphatic carbocycles. The number of amides is 4. The molecule has 1 aliphatic rings. The van der Waals surface area contributed by atoms with Gasteiger partial charge in [-0.15, -0.1) is 0 Å². The smallest absolute Gasteiger partial charge is 0.331 e. The highest BCUT2D eigenvalue weighted by Crippen LogP contribution is 2.31. The van der Waals surface area contributed by atoms with Crippen molar-refractivity contribution in [1.82, 2.24) is 10.2 Å². The molecule has 0 aromatic heterocycles. The van der Waals surface area contributed by atoms with Gasteiger partial charge in [-0.05, 0) is 88.4 Å². The van der Waals surface area contributed by atoms with Crippen LogP contribution in [0.2, 0.25) is 0 Å². The van der Waals surface area contributed by atoms with E-state index in [1.54, 1.807) is 48.5 Å². The summed E-state index contributed by atoms with van der Waals surface area (Å²) in [7, 11) is 0. The Balaban J connectivity index is 1.49. The fourth-order valence-corrected chi connectivity index (χ4v) is 4.55. The molecule has 1 saturated heterocycles. The van der Waals surface area contributed by atoms with Crippen LogP contribution in [-0.2, 0) is 22.7 Å². The van der Waals surface area contributed by atoms with E-state index < -0.39 is 22.8 Å². The summed E-state index contributed by atoms with van der Waals surface area (Å²) in [6.45, 7) is 4.86. The predicted molar refractivity (Wildman–Crippen MR) is 157 cm³/mol. The van der Waals surface area contributed by atoms with Gasteiger partial charge in [0.1, 0.15) is 17.9 Å². The Morgan fingerprint density at radius 3 is 2.29 bits per heavy atom. The predicted octanol–water partition coefficient (Wildman–Crippen LogP) is 5.79. The summed E-state index contributed by atoms with van der Waals surface area (Å²) >= 11 is 3.44. The zero-order valence-corrected chi connectivity index (χ0v) is 24.5. The lowest BCUT2D eigenvalue weighted by Crippen LogP contribution is -2.53. The van der Waals surface area contributed by atoms with E-state index in [1.807, 2.05) is 13.8 Å². The normalized spacial score (nSPS) is 14.1. The molecule has 0 atom stereocenters. The fraction of sp³-hybridized carbons (Fsp3) is 0.233. The Morgan fingerprint density at radius 1 is 0.905 bits per heavy atom. The molecule has 3 aromatic rings. The van der Waals surface area contributed by atoms with E-state index in [9.17, 15) is 24.5 Å². The third-order valence-corrected chi connectivity index (χ3v) is 6.72. The van der Waals surface area contributed by atoms with E-state index in [1.165, 1.54) is 18.2 Å². The van der Waals surface area contributed by atoms with Gasteiger partial charge in [0.25, 0.3) is 17.5 Å². The maximum absolute atomic E-state index is 13.3. The quantitative estimate of drug-likeness (QED) is 0.114. The lowest BCUT2D eigenvalue weighted by Gasteiger charge is -2.26. The van der Waals surface area contributed by atoms with Crippen molar-refractivity contribution in [2.45, 2.75) is 33.4 Å². The number of nitrogens with one attached hydrogen (secondary N) is 1. The van der Waals surface area contributed by atoms with Crippen molar-refractivity contribution in [3.8, 4) is 17.2 Å². The Bertz CT molecular complexity index is 1540. The van der Waals surface area contributed by atoms with Gasteiger partial charge >= 0.3 is 6.03 Å². The number of ether oxygens (including phenoxy) is 3. The number of barbiturate groups is 1. The summed E-state index contributed by atoms with van der Waals surface area (Å²) in [5.74, 6) is 0.0271. The van der Waals surface area contributed by atoms with Gasteiger partial charge in [-0.25, -0.2) is 4.79 Å². The molecule has 1 fully saturated rings. The van der Waals surface area contributed by atoms with E-state index in [2.05, 4.69) is 21.2 Å². The second kappa shape index (κ2) is 13.8. The van der Waals surface area contributed by atoms with Crippen molar-refractivity contribution in [3.63, 3.8) is 0 Å². The highest BCUT2D eigenvalue weighted by molar-refractivity contribution is 9.10. The highest BCUT2D eigenvalue weighted by atomic mass is 79.9. The van der Waals surface area contributed by atoms with Crippen LogP contribution in [0.15, 0.2) is 70.7 Å². The van der Waals surface area contributed by atoms with Gasteiger partial charge in [0.2, 0.25) is 0 Å². The van der Waals surface area contributed by atoms with Crippen molar-refractivity contribution in [3.05, 3.63) is 97.5 Å². The lowest BCUT2D eigenvalue weighted by atomic mass is 10.1. The van der Waals surface area contributed by atoms with Crippen LogP contribution >= 0.6 is 15.9 Å². The van der Waals surface area contributed by atoms with Gasteiger partial charge in [0.05, 0.1) is 29.2 Å². The van der Waals surface area contributed by atoms with Crippen molar-refractivity contribution >= 4 is 45.5 Å². The number of benzene rings is 3. The minimum Gasteiger partial charge on any atom is -0.490 e. The molecule has 1 N–H and O–H groups in total. The number of nitro benzene ring substituents is 1. The molecule has 4 amide bonds. The van der Waals surface area contributed by atoms with Crippen LogP contribution in [0.3, 0.4) is 0 Å². The van der Waals surface area contributed by atoms with Crippen LogP contribution in [0.25, 0.3) is 6.08 Å². The van der Waals surface area contributed by atoms with Gasteiger partial charge in [-0.2, -0.15) is 0 Å². The number of halogens is 1. The number of hydrogen-bond donors (Lipinski definition) is 1. The van der Waals surface area contributed by atoms with E-state index in [4.69, 9.17) is 14.2 Å². The largest absolute Gasteiger partial charge is 0.490 e. The number of hydrogen-bond acceptors (Lipinski definition) is 8. The van der Waals surface area contributed by atoms with E-state index in [0.717, 1.165) is 16.9 Å². The molecule has 0 radical (unpaired) electrons. The first-order chi connectivity index (χ1) is 20.2. The number of urea groups is 1. The average molecular weight is 638 g/mol. The summed E-state index contributed by atoms with van der Waals surface area (Å²) in [4.78, 5) is 49.8. The fourth-order valence-electron chi connectivity index (χ4n) is 4.04. The number of imide groups is 2. The van der Waals surface area contributed by atoms with Crippen LogP contribution in [0.5, 0.6) is 17.2 Å². The average Bonchev–Trinajstić information content (AvgIpc) is 2.97. The standard InChI is InChI=1S/C30H28BrN3O8/c1-3-13-41-26-12-8-21(16-27(26)40-4-2)17-33-29(36)23(28(35)32-30(33)37)14-20-7-11-25(24(31)15-20)42-18-19-5-9-22(10-6-19)34(38)39/h5-12,14-16H,3-4,13,17-18H2,1-2H3,(H,32,35,37)/b23-14+. The first-order valence-electron chi connectivity index (χ1n) is 13.1.